The van der Waals surface area contributed by atoms with E-state index in [1.165, 1.54) is 83.5 Å². The second-order valence-corrected chi connectivity index (χ2v) is 15.1. The van der Waals surface area contributed by atoms with Crippen LogP contribution in [0.2, 0.25) is 0 Å². The van der Waals surface area contributed by atoms with Crippen molar-refractivity contribution in [1.29, 1.82) is 0 Å². The topological polar surface area (TPSA) is 132 Å². The number of ether oxygens (including phenoxy) is 2. The molecule has 0 spiro atoms. The van der Waals surface area contributed by atoms with Crippen LogP contribution in [0.25, 0.3) is 0 Å². The fraction of sp³-hybridized carbons (Fsp3) is 0.786. The van der Waals surface area contributed by atoms with E-state index in [0.29, 0.717) is 6.61 Å². The minimum absolute atomic E-state index is 0.0471. The lowest BCUT2D eigenvalue weighted by Gasteiger charge is -2.20. The summed E-state index contributed by atoms with van der Waals surface area (Å²) in [6.45, 7) is 3.34. The number of esters is 1. The molecule has 0 saturated carbocycles. The lowest BCUT2D eigenvalue weighted by molar-refractivity contribution is -0.154. The molecule has 10 heteroatoms. The van der Waals surface area contributed by atoms with Gasteiger partial charge in [0.05, 0.1) is 26.4 Å². The van der Waals surface area contributed by atoms with Crippen molar-refractivity contribution in [3.8, 4) is 0 Å². The fourth-order valence-corrected chi connectivity index (χ4v) is 6.19. The van der Waals surface area contributed by atoms with Crippen LogP contribution in [0, 0.1) is 0 Å². The first-order valence-corrected chi connectivity index (χ1v) is 22.1. The highest BCUT2D eigenvalue weighted by Gasteiger charge is 2.26. The third-order valence-corrected chi connectivity index (χ3v) is 9.48. The average Bonchev–Trinajstić information content (AvgIpc) is 3.13. The first-order chi connectivity index (χ1) is 25.3. The number of rotatable bonds is 39. The van der Waals surface area contributed by atoms with Crippen molar-refractivity contribution in [2.45, 2.75) is 180 Å². The third kappa shape index (κ3) is 38.2. The van der Waals surface area contributed by atoms with Crippen LogP contribution in [-0.4, -0.2) is 66.3 Å². The van der Waals surface area contributed by atoms with Crippen molar-refractivity contribution in [3.05, 3.63) is 48.6 Å². The van der Waals surface area contributed by atoms with E-state index in [1.807, 2.05) is 0 Å². The van der Waals surface area contributed by atoms with Crippen LogP contribution in [0.1, 0.15) is 168 Å². The molecule has 3 N–H and O–H groups in total. The molecule has 0 aliphatic carbocycles. The molecular weight excluding hydrogens is 679 g/mol. The second kappa shape index (κ2) is 39.1. The first-order valence-electron chi connectivity index (χ1n) is 20.6. The summed E-state index contributed by atoms with van der Waals surface area (Å²) in [6.07, 6.45) is 42.4. The average molecular weight is 757 g/mol. The summed E-state index contributed by atoms with van der Waals surface area (Å²) in [5, 5.41) is 18.3. The summed E-state index contributed by atoms with van der Waals surface area (Å²) in [5.74, 6) is -0.392. The third-order valence-electron chi connectivity index (χ3n) is 8.53. The molecule has 3 atom stereocenters. The Bertz CT molecular complexity index is 950. The van der Waals surface area contributed by atoms with E-state index in [4.69, 9.17) is 23.6 Å². The van der Waals surface area contributed by atoms with Gasteiger partial charge in [0.1, 0.15) is 12.2 Å². The fourth-order valence-electron chi connectivity index (χ4n) is 5.40. The number of aliphatic hydroxyl groups is 2. The number of phosphoric ester groups is 1. The zero-order valence-electron chi connectivity index (χ0n) is 33.0. The van der Waals surface area contributed by atoms with Gasteiger partial charge in [0.2, 0.25) is 0 Å². The number of phosphoric acid groups is 1. The molecule has 0 radical (unpaired) electrons. The highest BCUT2D eigenvalue weighted by atomic mass is 31.2. The molecule has 9 nitrogen and oxygen atoms in total. The van der Waals surface area contributed by atoms with E-state index >= 15 is 0 Å². The molecule has 52 heavy (non-hydrogen) atoms. The Morgan fingerprint density at radius 2 is 1.10 bits per heavy atom. The van der Waals surface area contributed by atoms with Gasteiger partial charge in [0, 0.05) is 13.0 Å². The predicted octanol–water partition coefficient (Wildman–Crippen LogP) is 11.0. The van der Waals surface area contributed by atoms with Gasteiger partial charge in [-0.2, -0.15) is 0 Å². The summed E-state index contributed by atoms with van der Waals surface area (Å²) in [6, 6.07) is 0. The monoisotopic (exact) mass is 757 g/mol. The standard InChI is InChI=1S/C42H77O9P/c1-3-5-7-9-11-12-13-14-15-16-17-18-19-20-21-22-23-24-25-26-27-29-31-33-35-48-38-41(39-50-52(46,47)49-37-40(44)36-43)51-42(45)34-32-30-28-10-8-6-4-2/h5,7,11-12,14-15,17-18,40-41,43-44H,3-4,6,8-10,13,16,19-39H2,1-2H3,(H,46,47)/b7-5-,12-11-,15-14-,18-17-. The van der Waals surface area contributed by atoms with Crippen molar-refractivity contribution in [2.24, 2.45) is 0 Å². The molecule has 0 aliphatic rings. The molecule has 304 valence electrons. The molecule has 0 aromatic heterocycles. The quantitative estimate of drug-likeness (QED) is 0.0243. The van der Waals surface area contributed by atoms with E-state index < -0.39 is 39.2 Å². The Balaban J connectivity index is 3.98. The molecule has 0 fully saturated rings. The van der Waals surface area contributed by atoms with Gasteiger partial charge >= 0.3 is 13.8 Å². The maximum Gasteiger partial charge on any atom is 0.472 e. The van der Waals surface area contributed by atoms with Crippen LogP contribution in [0.5, 0.6) is 0 Å². The SMILES string of the molecule is CC/C=C\C/C=C\C/C=C\C/C=C\CCCCCCCCCCCCCOCC(COP(=O)(O)OCC(O)CO)OC(=O)CCCCCCCCC. The van der Waals surface area contributed by atoms with Crippen molar-refractivity contribution in [3.63, 3.8) is 0 Å². The van der Waals surface area contributed by atoms with Crippen LogP contribution in [0.4, 0.5) is 0 Å². The van der Waals surface area contributed by atoms with E-state index in [1.54, 1.807) is 0 Å². The zero-order chi connectivity index (χ0) is 38.2. The summed E-state index contributed by atoms with van der Waals surface area (Å²) in [7, 11) is -4.51. The molecule has 0 rings (SSSR count). The van der Waals surface area contributed by atoms with Gasteiger partial charge in [-0.15, -0.1) is 0 Å². The van der Waals surface area contributed by atoms with Gasteiger partial charge in [0.25, 0.3) is 0 Å². The van der Waals surface area contributed by atoms with Crippen LogP contribution >= 0.6 is 7.82 Å². The van der Waals surface area contributed by atoms with E-state index in [9.17, 15) is 19.4 Å². The maximum absolute atomic E-state index is 12.5. The predicted molar refractivity (Wildman–Crippen MR) is 214 cm³/mol. The van der Waals surface area contributed by atoms with Crippen molar-refractivity contribution in [2.75, 3.05) is 33.0 Å². The van der Waals surface area contributed by atoms with Gasteiger partial charge in [-0.3, -0.25) is 13.8 Å². The Kier molecular flexibility index (Phi) is 37.9. The Labute approximate surface area is 317 Å². The number of hydrogen-bond acceptors (Lipinski definition) is 8. The Morgan fingerprint density at radius 1 is 0.615 bits per heavy atom. The molecule has 3 unspecified atom stereocenters. The zero-order valence-corrected chi connectivity index (χ0v) is 33.9. The van der Waals surface area contributed by atoms with Crippen molar-refractivity contribution >= 4 is 13.8 Å². The lowest BCUT2D eigenvalue weighted by atomic mass is 10.1. The molecule has 0 aromatic carbocycles. The highest BCUT2D eigenvalue weighted by Crippen LogP contribution is 2.43. The number of hydrogen-bond donors (Lipinski definition) is 3. The summed E-state index contributed by atoms with van der Waals surface area (Å²) < 4.78 is 33.2. The summed E-state index contributed by atoms with van der Waals surface area (Å²) in [4.78, 5) is 22.4. The van der Waals surface area contributed by atoms with Crippen LogP contribution < -0.4 is 0 Å². The van der Waals surface area contributed by atoms with Gasteiger partial charge in [0.15, 0.2) is 0 Å². The van der Waals surface area contributed by atoms with E-state index in [0.717, 1.165) is 64.2 Å². The number of carbonyl (C=O) groups is 1. The normalized spacial score (nSPS) is 14.6. The van der Waals surface area contributed by atoms with E-state index in [2.05, 4.69) is 62.5 Å². The smallest absolute Gasteiger partial charge is 0.457 e. The molecule has 0 amide bonds. The summed E-state index contributed by atoms with van der Waals surface area (Å²) >= 11 is 0. The van der Waals surface area contributed by atoms with Crippen LogP contribution in [-0.2, 0) is 27.9 Å². The molecule has 0 saturated heterocycles. The van der Waals surface area contributed by atoms with Gasteiger partial charge in [-0.05, 0) is 51.4 Å². The Morgan fingerprint density at radius 3 is 1.65 bits per heavy atom. The van der Waals surface area contributed by atoms with Gasteiger partial charge in [-0.25, -0.2) is 4.57 Å². The molecule has 0 aliphatic heterocycles. The van der Waals surface area contributed by atoms with Crippen molar-refractivity contribution < 1.29 is 43.0 Å². The lowest BCUT2D eigenvalue weighted by Crippen LogP contribution is -2.29. The van der Waals surface area contributed by atoms with Gasteiger partial charge < -0.3 is 24.6 Å². The largest absolute Gasteiger partial charge is 0.472 e. The number of aliphatic hydroxyl groups excluding tert-OH is 2. The number of allylic oxidation sites excluding steroid dienone is 8. The first kappa shape index (κ1) is 50.4. The maximum atomic E-state index is 12.5. The highest BCUT2D eigenvalue weighted by molar-refractivity contribution is 7.47. The van der Waals surface area contributed by atoms with Crippen LogP contribution in [0.15, 0.2) is 48.6 Å². The summed E-state index contributed by atoms with van der Waals surface area (Å²) in [5.41, 5.74) is 0. The number of carbonyl (C=O) groups excluding carboxylic acids is 1. The number of unbranched alkanes of at least 4 members (excludes halogenated alkanes) is 17. The van der Waals surface area contributed by atoms with Crippen molar-refractivity contribution in [1.82, 2.24) is 0 Å². The molecule has 0 aromatic rings. The Hall–Kier alpha value is -1.58. The van der Waals surface area contributed by atoms with Crippen LogP contribution in [0.3, 0.4) is 0 Å². The second-order valence-electron chi connectivity index (χ2n) is 13.6. The molecular formula is C42H77O9P. The minimum Gasteiger partial charge on any atom is -0.457 e. The minimum atomic E-state index is -4.51. The van der Waals surface area contributed by atoms with Gasteiger partial charge in [-0.1, -0.05) is 159 Å². The molecule has 0 bridgehead atoms. The molecule has 0 heterocycles. The van der Waals surface area contributed by atoms with E-state index in [-0.39, 0.29) is 19.6 Å².